The number of aliphatic hydroxyl groups excluding tert-OH is 1. The van der Waals surface area contributed by atoms with Gasteiger partial charge in [0.25, 0.3) is 0 Å². The van der Waals surface area contributed by atoms with Gasteiger partial charge in [-0.3, -0.25) is 4.90 Å². The van der Waals surface area contributed by atoms with Crippen LogP contribution in [0.2, 0.25) is 5.02 Å². The van der Waals surface area contributed by atoms with Crippen molar-refractivity contribution in [2.75, 3.05) is 45.9 Å². The maximum atomic E-state index is 10.3. The number of likely N-dealkylation sites (tertiary alicyclic amines) is 1. The van der Waals surface area contributed by atoms with Crippen molar-refractivity contribution < 1.29 is 9.84 Å². The van der Waals surface area contributed by atoms with Gasteiger partial charge in [0.05, 0.1) is 5.02 Å². The Bertz CT molecular complexity index is 466. The Morgan fingerprint density at radius 2 is 1.96 bits per heavy atom. The molecule has 1 atom stereocenters. The fourth-order valence-corrected chi connectivity index (χ4v) is 3.37. The van der Waals surface area contributed by atoms with Gasteiger partial charge in [-0.05, 0) is 51.0 Å². The molecule has 0 aliphatic carbocycles. The van der Waals surface area contributed by atoms with Gasteiger partial charge in [-0.2, -0.15) is 0 Å². The van der Waals surface area contributed by atoms with Crippen molar-refractivity contribution in [3.05, 3.63) is 29.3 Å². The van der Waals surface area contributed by atoms with Crippen LogP contribution in [0, 0.1) is 0 Å². The summed E-state index contributed by atoms with van der Waals surface area (Å²) in [6.45, 7) is 8.66. The molecule has 0 bridgehead atoms. The summed E-state index contributed by atoms with van der Waals surface area (Å²) in [6.07, 6.45) is 4.60. The minimum atomic E-state index is -0.505. The van der Waals surface area contributed by atoms with Crippen molar-refractivity contribution in [3.63, 3.8) is 0 Å². The summed E-state index contributed by atoms with van der Waals surface area (Å²) in [5.41, 5.74) is 0. The first-order valence-electron chi connectivity index (χ1n) is 9.19. The smallest absolute Gasteiger partial charge is 0.138 e. The van der Waals surface area contributed by atoms with Gasteiger partial charge >= 0.3 is 0 Å². The molecule has 0 saturated carbocycles. The number of halogens is 1. The molecule has 0 radical (unpaired) electrons. The molecule has 1 aromatic rings. The number of aliphatic hydroxyl groups is 1. The first-order chi connectivity index (χ1) is 11.7. The van der Waals surface area contributed by atoms with Crippen molar-refractivity contribution >= 4 is 11.6 Å². The summed E-state index contributed by atoms with van der Waals surface area (Å²) in [5.74, 6) is 0.633. The van der Waals surface area contributed by atoms with Gasteiger partial charge in [-0.15, -0.1) is 0 Å². The molecule has 1 heterocycles. The summed E-state index contributed by atoms with van der Waals surface area (Å²) in [6, 6.07) is 7.38. The van der Waals surface area contributed by atoms with Gasteiger partial charge in [0, 0.05) is 19.6 Å². The van der Waals surface area contributed by atoms with Crippen LogP contribution in [-0.4, -0.2) is 66.9 Å². The third kappa shape index (κ3) is 6.98. The van der Waals surface area contributed by atoms with Crippen LogP contribution in [0.1, 0.15) is 32.6 Å². The minimum absolute atomic E-state index is 0.271. The predicted molar refractivity (Wildman–Crippen MR) is 100.0 cm³/mol. The highest BCUT2D eigenvalue weighted by Gasteiger charge is 2.15. The lowest BCUT2D eigenvalue weighted by Gasteiger charge is -2.30. The van der Waals surface area contributed by atoms with E-state index in [1.165, 1.54) is 32.4 Å². The monoisotopic (exact) mass is 354 g/mol. The topological polar surface area (TPSA) is 35.9 Å². The highest BCUT2D eigenvalue weighted by molar-refractivity contribution is 6.32. The Hall–Kier alpha value is -0.810. The molecule has 1 aliphatic heterocycles. The van der Waals surface area contributed by atoms with Crippen LogP contribution < -0.4 is 4.74 Å². The van der Waals surface area contributed by atoms with Crippen LogP contribution in [0.3, 0.4) is 0 Å². The molecular formula is C19H31ClN2O2. The van der Waals surface area contributed by atoms with E-state index in [0.717, 1.165) is 26.1 Å². The maximum absolute atomic E-state index is 10.3. The Kier molecular flexibility index (Phi) is 8.89. The van der Waals surface area contributed by atoms with E-state index in [4.69, 9.17) is 16.3 Å². The number of hydrogen-bond donors (Lipinski definition) is 1. The Morgan fingerprint density at radius 3 is 2.67 bits per heavy atom. The molecule has 2 rings (SSSR count). The third-order valence-corrected chi connectivity index (χ3v) is 4.77. The molecular weight excluding hydrogens is 324 g/mol. The van der Waals surface area contributed by atoms with Crippen molar-refractivity contribution in [2.24, 2.45) is 0 Å². The van der Waals surface area contributed by atoms with Crippen LogP contribution in [-0.2, 0) is 0 Å². The van der Waals surface area contributed by atoms with Crippen LogP contribution >= 0.6 is 11.6 Å². The normalized spacial score (nSPS) is 17.2. The average molecular weight is 355 g/mol. The van der Waals surface area contributed by atoms with Gasteiger partial charge in [0.2, 0.25) is 0 Å². The zero-order chi connectivity index (χ0) is 17.2. The standard InChI is InChI=1S/C19H31ClN2O2/c1-2-10-22(14-13-21-11-6-3-7-12-21)15-17(23)16-24-19-9-5-4-8-18(19)20/h4-5,8-9,17,23H,2-3,6-7,10-16H2,1H3. The maximum Gasteiger partial charge on any atom is 0.138 e. The molecule has 1 N–H and O–H groups in total. The molecule has 0 amide bonds. The van der Waals surface area contributed by atoms with Gasteiger partial charge in [-0.25, -0.2) is 0 Å². The second kappa shape index (κ2) is 10.9. The summed E-state index contributed by atoms with van der Waals surface area (Å²) in [4.78, 5) is 4.88. The molecule has 5 heteroatoms. The van der Waals surface area contributed by atoms with E-state index in [1.54, 1.807) is 6.07 Å². The number of rotatable bonds is 10. The summed E-state index contributed by atoms with van der Waals surface area (Å²) in [5, 5.41) is 10.9. The molecule has 1 fully saturated rings. The van der Waals surface area contributed by atoms with Gasteiger partial charge in [-0.1, -0.05) is 37.1 Å². The first kappa shape index (κ1) is 19.5. The van der Waals surface area contributed by atoms with Crippen molar-refractivity contribution in [2.45, 2.75) is 38.7 Å². The highest BCUT2D eigenvalue weighted by Crippen LogP contribution is 2.23. The van der Waals surface area contributed by atoms with Crippen LogP contribution in [0.4, 0.5) is 0 Å². The molecule has 1 unspecified atom stereocenters. The van der Waals surface area contributed by atoms with E-state index in [1.807, 2.05) is 18.2 Å². The highest BCUT2D eigenvalue weighted by atomic mass is 35.5. The van der Waals surface area contributed by atoms with Crippen LogP contribution in [0.5, 0.6) is 5.75 Å². The SMILES string of the molecule is CCCN(CCN1CCCCC1)CC(O)COc1ccccc1Cl. The second-order valence-corrected chi connectivity index (χ2v) is 7.01. The van der Waals surface area contributed by atoms with E-state index in [-0.39, 0.29) is 6.61 Å². The summed E-state index contributed by atoms with van der Waals surface area (Å²) in [7, 11) is 0. The van der Waals surface area contributed by atoms with E-state index in [0.29, 0.717) is 17.3 Å². The number of ether oxygens (including phenoxy) is 1. The Labute approximate surface area is 151 Å². The largest absolute Gasteiger partial charge is 0.489 e. The number of piperidine rings is 1. The van der Waals surface area contributed by atoms with Crippen molar-refractivity contribution in [3.8, 4) is 5.75 Å². The number of nitrogens with zero attached hydrogens (tertiary/aromatic N) is 2. The minimum Gasteiger partial charge on any atom is -0.489 e. The molecule has 1 saturated heterocycles. The van der Waals surface area contributed by atoms with E-state index in [9.17, 15) is 5.11 Å². The van der Waals surface area contributed by atoms with Crippen LogP contribution in [0.25, 0.3) is 0 Å². The predicted octanol–water partition coefficient (Wildman–Crippen LogP) is 3.28. The fraction of sp³-hybridized carbons (Fsp3) is 0.684. The number of para-hydroxylation sites is 1. The Morgan fingerprint density at radius 1 is 1.21 bits per heavy atom. The Balaban J connectivity index is 1.73. The number of hydrogen-bond acceptors (Lipinski definition) is 4. The summed E-state index contributed by atoms with van der Waals surface area (Å²) >= 11 is 6.08. The molecule has 24 heavy (non-hydrogen) atoms. The lowest BCUT2D eigenvalue weighted by atomic mass is 10.1. The van der Waals surface area contributed by atoms with E-state index in [2.05, 4.69) is 16.7 Å². The van der Waals surface area contributed by atoms with Gasteiger partial charge in [0.15, 0.2) is 0 Å². The summed E-state index contributed by atoms with van der Waals surface area (Å²) < 4.78 is 5.65. The number of benzene rings is 1. The first-order valence-corrected chi connectivity index (χ1v) is 9.57. The molecule has 1 aromatic carbocycles. The van der Waals surface area contributed by atoms with Gasteiger partial charge < -0.3 is 14.7 Å². The lowest BCUT2D eigenvalue weighted by molar-refractivity contribution is 0.0631. The molecule has 0 spiro atoms. The average Bonchev–Trinajstić information content (AvgIpc) is 2.60. The van der Waals surface area contributed by atoms with E-state index >= 15 is 0 Å². The van der Waals surface area contributed by atoms with Crippen molar-refractivity contribution in [1.29, 1.82) is 0 Å². The molecule has 136 valence electrons. The van der Waals surface area contributed by atoms with Crippen LogP contribution in [0.15, 0.2) is 24.3 Å². The molecule has 4 nitrogen and oxygen atoms in total. The zero-order valence-corrected chi connectivity index (χ0v) is 15.5. The second-order valence-electron chi connectivity index (χ2n) is 6.60. The van der Waals surface area contributed by atoms with Crippen molar-refractivity contribution in [1.82, 2.24) is 9.80 Å². The van der Waals surface area contributed by atoms with E-state index < -0.39 is 6.10 Å². The third-order valence-electron chi connectivity index (χ3n) is 4.46. The fourth-order valence-electron chi connectivity index (χ4n) is 3.17. The lowest BCUT2D eigenvalue weighted by Crippen LogP contribution is -2.42. The quantitative estimate of drug-likeness (QED) is 0.699. The molecule has 1 aliphatic rings. The molecule has 0 aromatic heterocycles. The van der Waals surface area contributed by atoms with Gasteiger partial charge in [0.1, 0.15) is 18.5 Å². The zero-order valence-electron chi connectivity index (χ0n) is 14.8.